The van der Waals surface area contributed by atoms with E-state index in [4.69, 9.17) is 11.6 Å². The second-order valence-electron chi connectivity index (χ2n) is 6.40. The third-order valence-corrected chi connectivity index (χ3v) is 7.89. The zero-order valence-corrected chi connectivity index (χ0v) is 16.1. The molecule has 0 aliphatic carbocycles. The van der Waals surface area contributed by atoms with Gasteiger partial charge in [0.1, 0.15) is 5.82 Å². The van der Waals surface area contributed by atoms with Crippen LogP contribution in [0.5, 0.6) is 0 Å². The summed E-state index contributed by atoms with van der Waals surface area (Å²) in [6.07, 6.45) is 0. The molecule has 0 bridgehead atoms. The van der Waals surface area contributed by atoms with Crippen molar-refractivity contribution >= 4 is 44.1 Å². The Morgan fingerprint density at radius 3 is 2.65 bits per heavy atom. The Morgan fingerprint density at radius 1 is 1.19 bits per heavy atom. The second kappa shape index (κ2) is 6.87. The highest BCUT2D eigenvalue weighted by molar-refractivity contribution is 8.15. The minimum absolute atomic E-state index is 0.0442. The summed E-state index contributed by atoms with van der Waals surface area (Å²) in [5, 5.41) is 1.37. The van der Waals surface area contributed by atoms with Crippen LogP contribution in [0.2, 0.25) is 5.02 Å². The van der Waals surface area contributed by atoms with Crippen molar-refractivity contribution in [2.24, 2.45) is 4.99 Å². The Balaban J connectivity index is 1.66. The van der Waals surface area contributed by atoms with Gasteiger partial charge in [-0.1, -0.05) is 35.5 Å². The highest BCUT2D eigenvalue weighted by Crippen LogP contribution is 2.37. The van der Waals surface area contributed by atoms with E-state index in [1.54, 1.807) is 12.1 Å². The number of aliphatic imine (C=N–C) groups is 1. The fourth-order valence-corrected chi connectivity index (χ4v) is 7.17. The van der Waals surface area contributed by atoms with Crippen molar-refractivity contribution in [2.75, 3.05) is 16.4 Å². The smallest absolute Gasteiger partial charge is 0.164 e. The maximum absolute atomic E-state index is 13.3. The van der Waals surface area contributed by atoms with Gasteiger partial charge in [-0.3, -0.25) is 4.99 Å². The lowest BCUT2D eigenvalue weighted by atomic mass is 10.2. The molecule has 0 radical (unpaired) electrons. The number of thioether (sulfide) groups is 1. The number of benzene rings is 2. The van der Waals surface area contributed by atoms with E-state index in [2.05, 4.69) is 4.99 Å². The molecule has 4 rings (SSSR count). The van der Waals surface area contributed by atoms with Crippen LogP contribution in [0, 0.1) is 5.82 Å². The molecular weight excluding hydrogens is 395 g/mol. The van der Waals surface area contributed by atoms with Crippen LogP contribution < -0.4 is 4.90 Å². The zero-order valence-electron chi connectivity index (χ0n) is 13.7. The summed E-state index contributed by atoms with van der Waals surface area (Å²) in [6.45, 7) is 0.518. The summed E-state index contributed by atoms with van der Waals surface area (Å²) in [7, 11) is -3.00. The molecule has 0 aromatic heterocycles. The maximum Gasteiger partial charge on any atom is 0.164 e. The van der Waals surface area contributed by atoms with E-state index in [0.29, 0.717) is 11.6 Å². The van der Waals surface area contributed by atoms with Crippen LogP contribution in [0.1, 0.15) is 5.56 Å². The average molecular weight is 411 g/mol. The lowest BCUT2D eigenvalue weighted by molar-refractivity contribution is 0.601. The van der Waals surface area contributed by atoms with Gasteiger partial charge in [-0.25, -0.2) is 12.8 Å². The van der Waals surface area contributed by atoms with Crippen LogP contribution in [0.25, 0.3) is 0 Å². The molecule has 0 saturated carbocycles. The first-order valence-corrected chi connectivity index (χ1v) is 11.2. The first-order chi connectivity index (χ1) is 12.4. The van der Waals surface area contributed by atoms with Crippen molar-refractivity contribution in [1.29, 1.82) is 0 Å². The molecule has 2 aromatic carbocycles. The normalized spacial score (nSPS) is 23.5. The summed E-state index contributed by atoms with van der Waals surface area (Å²) in [5.41, 5.74) is 1.80. The number of hydrogen-bond donors (Lipinski definition) is 0. The molecule has 0 N–H and O–H groups in total. The lowest BCUT2D eigenvalue weighted by Gasteiger charge is -2.25. The van der Waals surface area contributed by atoms with E-state index < -0.39 is 9.84 Å². The zero-order chi connectivity index (χ0) is 18.3. The minimum atomic E-state index is -3.00. The van der Waals surface area contributed by atoms with Crippen LogP contribution >= 0.6 is 23.4 Å². The molecule has 1 saturated heterocycles. The first-order valence-electron chi connectivity index (χ1n) is 8.12. The highest BCUT2D eigenvalue weighted by Gasteiger charge is 2.44. The molecule has 0 amide bonds. The van der Waals surface area contributed by atoms with Gasteiger partial charge in [0, 0.05) is 16.0 Å². The van der Waals surface area contributed by atoms with Crippen LogP contribution in [0.4, 0.5) is 10.1 Å². The van der Waals surface area contributed by atoms with Gasteiger partial charge < -0.3 is 4.90 Å². The molecule has 2 aromatic rings. The lowest BCUT2D eigenvalue weighted by Crippen LogP contribution is -2.28. The Labute approximate surface area is 161 Å². The number of sulfone groups is 1. The molecule has 26 heavy (non-hydrogen) atoms. The Morgan fingerprint density at radius 2 is 1.96 bits per heavy atom. The number of hydrogen-bond acceptors (Lipinski definition) is 5. The Hall–Kier alpha value is -1.57. The number of amidine groups is 1. The molecule has 136 valence electrons. The SMILES string of the molecule is O=S1(=O)C[C@@H]2N=C(N(Cc3cccc(Cl)c3)c3ccc(F)cc3)S[C@H]2C1. The quantitative estimate of drug-likeness (QED) is 0.773. The van der Waals surface area contributed by atoms with E-state index in [9.17, 15) is 12.8 Å². The predicted molar refractivity (Wildman–Crippen MR) is 105 cm³/mol. The van der Waals surface area contributed by atoms with Crippen molar-refractivity contribution < 1.29 is 12.8 Å². The monoisotopic (exact) mass is 410 g/mol. The second-order valence-corrected chi connectivity index (χ2v) is 10.2. The average Bonchev–Trinajstić information content (AvgIpc) is 3.07. The standard InChI is InChI=1S/C18H16ClFN2O2S2/c19-13-3-1-2-12(8-13)9-22(15-6-4-14(20)5-7-15)18-21-16-10-26(23,24)11-17(16)25-18/h1-8,16-17H,9-11H2/t16-,17-/m0/s1. The molecular formula is C18H16ClFN2O2S2. The summed E-state index contributed by atoms with van der Waals surface area (Å²) < 4.78 is 37.0. The largest absolute Gasteiger partial charge is 0.317 e. The molecule has 2 atom stereocenters. The van der Waals surface area contributed by atoms with Gasteiger partial charge in [0.15, 0.2) is 15.0 Å². The first kappa shape index (κ1) is 17.8. The fourth-order valence-electron chi connectivity index (χ4n) is 3.18. The van der Waals surface area contributed by atoms with E-state index in [0.717, 1.165) is 16.4 Å². The summed E-state index contributed by atoms with van der Waals surface area (Å²) in [4.78, 5) is 6.65. The summed E-state index contributed by atoms with van der Waals surface area (Å²) in [5.74, 6) is -0.0489. The molecule has 0 unspecified atom stereocenters. The van der Waals surface area contributed by atoms with E-state index in [-0.39, 0.29) is 28.6 Å². The van der Waals surface area contributed by atoms with Gasteiger partial charge in [0.05, 0.1) is 24.1 Å². The summed E-state index contributed by atoms with van der Waals surface area (Å²) in [6, 6.07) is 13.6. The van der Waals surface area contributed by atoms with E-state index >= 15 is 0 Å². The van der Waals surface area contributed by atoms with Crippen LogP contribution in [0.15, 0.2) is 53.5 Å². The maximum atomic E-state index is 13.3. The minimum Gasteiger partial charge on any atom is -0.317 e. The molecule has 8 heteroatoms. The van der Waals surface area contributed by atoms with E-state index in [1.807, 2.05) is 29.2 Å². The number of fused-ring (bicyclic) bond motifs is 1. The number of anilines is 1. The number of halogens is 2. The van der Waals surface area contributed by atoms with Gasteiger partial charge in [-0.15, -0.1) is 0 Å². The molecule has 1 fully saturated rings. The van der Waals surface area contributed by atoms with Gasteiger partial charge in [0.2, 0.25) is 0 Å². The van der Waals surface area contributed by atoms with Crippen LogP contribution in [0.3, 0.4) is 0 Å². The highest BCUT2D eigenvalue weighted by atomic mass is 35.5. The van der Waals surface area contributed by atoms with Crippen LogP contribution in [-0.4, -0.2) is 36.4 Å². The van der Waals surface area contributed by atoms with Gasteiger partial charge in [-0.05, 0) is 42.0 Å². The number of nitrogens with zero attached hydrogens (tertiary/aromatic N) is 2. The third-order valence-electron chi connectivity index (χ3n) is 4.40. The van der Waals surface area contributed by atoms with E-state index in [1.165, 1.54) is 23.9 Å². The Kier molecular flexibility index (Phi) is 4.71. The number of rotatable bonds is 3. The molecule has 2 heterocycles. The van der Waals surface area contributed by atoms with Gasteiger partial charge in [-0.2, -0.15) is 0 Å². The topological polar surface area (TPSA) is 49.7 Å². The van der Waals surface area contributed by atoms with Crippen molar-refractivity contribution in [1.82, 2.24) is 0 Å². The molecule has 2 aliphatic rings. The molecule has 4 nitrogen and oxygen atoms in total. The van der Waals surface area contributed by atoms with Crippen molar-refractivity contribution in [3.8, 4) is 0 Å². The fraction of sp³-hybridized carbons (Fsp3) is 0.278. The molecule has 2 aliphatic heterocycles. The summed E-state index contributed by atoms with van der Waals surface area (Å²) >= 11 is 7.58. The molecule has 0 spiro atoms. The van der Waals surface area contributed by atoms with Crippen molar-refractivity contribution in [3.05, 3.63) is 64.9 Å². The predicted octanol–water partition coefficient (Wildman–Crippen LogP) is 3.75. The van der Waals surface area contributed by atoms with Gasteiger partial charge >= 0.3 is 0 Å². The van der Waals surface area contributed by atoms with Crippen LogP contribution in [-0.2, 0) is 16.4 Å². The van der Waals surface area contributed by atoms with Gasteiger partial charge in [0.25, 0.3) is 0 Å². The van der Waals surface area contributed by atoms with Crippen molar-refractivity contribution in [3.63, 3.8) is 0 Å². The Bertz CT molecular complexity index is 963. The van der Waals surface area contributed by atoms with Crippen molar-refractivity contribution in [2.45, 2.75) is 17.8 Å². The third kappa shape index (κ3) is 3.75.